The van der Waals surface area contributed by atoms with Crippen LogP contribution in [-0.4, -0.2) is 20.7 Å². The minimum Gasteiger partial charge on any atom is -0.368 e. The molecule has 0 aliphatic carbocycles. The Bertz CT molecular complexity index is 545. The molecule has 0 bridgehead atoms. The first-order valence-corrected chi connectivity index (χ1v) is 5.86. The van der Waals surface area contributed by atoms with Crippen LogP contribution in [0.5, 0.6) is 0 Å². The lowest BCUT2D eigenvalue weighted by Gasteiger charge is -2.10. The fraction of sp³-hybridized carbons (Fsp3) is 0.308. The van der Waals surface area contributed by atoms with Crippen LogP contribution < -0.4 is 5.73 Å². The summed E-state index contributed by atoms with van der Waals surface area (Å²) in [5, 5.41) is 8.32. The van der Waals surface area contributed by atoms with E-state index in [9.17, 15) is 4.79 Å². The van der Waals surface area contributed by atoms with Gasteiger partial charge in [-0.3, -0.25) is 4.79 Å². The smallest absolute Gasteiger partial charge is 0.237 e. The molecule has 0 fully saturated rings. The van der Waals surface area contributed by atoms with Gasteiger partial charge in [0, 0.05) is 11.5 Å². The molecule has 0 aliphatic heterocycles. The molecule has 18 heavy (non-hydrogen) atoms. The molecular formula is C13H16N4O. The van der Waals surface area contributed by atoms with Gasteiger partial charge in [0.05, 0.1) is 0 Å². The molecule has 2 N–H and O–H groups in total. The van der Waals surface area contributed by atoms with Crippen molar-refractivity contribution in [2.24, 2.45) is 5.73 Å². The summed E-state index contributed by atoms with van der Waals surface area (Å²) in [6.45, 7) is 4.12. The summed E-state index contributed by atoms with van der Waals surface area (Å²) in [4.78, 5) is 11.2. The molecule has 1 amide bonds. The van der Waals surface area contributed by atoms with Gasteiger partial charge < -0.3 is 10.3 Å². The van der Waals surface area contributed by atoms with E-state index in [2.05, 4.69) is 10.2 Å². The van der Waals surface area contributed by atoms with Gasteiger partial charge in [-0.25, -0.2) is 0 Å². The van der Waals surface area contributed by atoms with Crippen molar-refractivity contribution in [3.8, 4) is 11.4 Å². The predicted molar refractivity (Wildman–Crippen MR) is 68.7 cm³/mol. The number of aromatic nitrogens is 3. The number of primary amides is 1. The molecule has 1 aromatic carbocycles. The Labute approximate surface area is 106 Å². The van der Waals surface area contributed by atoms with E-state index in [1.54, 1.807) is 4.57 Å². The SMILES string of the molecule is CC(C)c1nnc(-c2ccccc2)n1CC(N)=O. The van der Waals surface area contributed by atoms with E-state index in [0.29, 0.717) is 5.82 Å². The van der Waals surface area contributed by atoms with Crippen LogP contribution in [0.2, 0.25) is 0 Å². The summed E-state index contributed by atoms with van der Waals surface area (Å²) < 4.78 is 1.78. The van der Waals surface area contributed by atoms with Crippen molar-refractivity contribution in [1.29, 1.82) is 0 Å². The van der Waals surface area contributed by atoms with Gasteiger partial charge in [0.25, 0.3) is 0 Å². The van der Waals surface area contributed by atoms with Gasteiger partial charge in [0.1, 0.15) is 12.4 Å². The number of amides is 1. The number of nitrogens with zero attached hydrogens (tertiary/aromatic N) is 3. The maximum absolute atomic E-state index is 11.2. The molecule has 1 heterocycles. The number of carbonyl (C=O) groups is 1. The molecule has 0 radical (unpaired) electrons. The third-order valence-electron chi connectivity index (χ3n) is 2.64. The van der Waals surface area contributed by atoms with Crippen LogP contribution in [0, 0.1) is 0 Å². The van der Waals surface area contributed by atoms with Gasteiger partial charge in [-0.1, -0.05) is 44.2 Å². The summed E-state index contributed by atoms with van der Waals surface area (Å²) >= 11 is 0. The van der Waals surface area contributed by atoms with E-state index in [0.717, 1.165) is 11.4 Å². The van der Waals surface area contributed by atoms with Gasteiger partial charge in [-0.15, -0.1) is 10.2 Å². The average molecular weight is 244 g/mol. The maximum Gasteiger partial charge on any atom is 0.237 e. The van der Waals surface area contributed by atoms with Crippen LogP contribution in [0.4, 0.5) is 0 Å². The zero-order valence-corrected chi connectivity index (χ0v) is 10.5. The number of hydrogen-bond acceptors (Lipinski definition) is 3. The van der Waals surface area contributed by atoms with Crippen LogP contribution in [0.1, 0.15) is 25.6 Å². The van der Waals surface area contributed by atoms with E-state index < -0.39 is 5.91 Å². The zero-order valence-electron chi connectivity index (χ0n) is 10.5. The van der Waals surface area contributed by atoms with E-state index in [-0.39, 0.29) is 12.5 Å². The Morgan fingerprint density at radius 2 is 1.94 bits per heavy atom. The Hall–Kier alpha value is -2.17. The minimum absolute atomic E-state index is 0.102. The number of hydrogen-bond donors (Lipinski definition) is 1. The number of nitrogens with two attached hydrogens (primary N) is 1. The highest BCUT2D eigenvalue weighted by Crippen LogP contribution is 2.21. The Balaban J connectivity index is 2.51. The molecular weight excluding hydrogens is 228 g/mol. The highest BCUT2D eigenvalue weighted by atomic mass is 16.1. The molecule has 0 aliphatic rings. The van der Waals surface area contributed by atoms with E-state index in [1.165, 1.54) is 0 Å². The van der Waals surface area contributed by atoms with Crippen molar-refractivity contribution in [1.82, 2.24) is 14.8 Å². The molecule has 0 saturated heterocycles. The first-order chi connectivity index (χ1) is 8.59. The van der Waals surface area contributed by atoms with Gasteiger partial charge in [0.15, 0.2) is 5.82 Å². The summed E-state index contributed by atoms with van der Waals surface area (Å²) in [7, 11) is 0. The maximum atomic E-state index is 11.2. The largest absolute Gasteiger partial charge is 0.368 e. The van der Waals surface area contributed by atoms with Gasteiger partial charge >= 0.3 is 0 Å². The second kappa shape index (κ2) is 5.00. The zero-order chi connectivity index (χ0) is 13.1. The Kier molecular flexibility index (Phi) is 3.41. The monoisotopic (exact) mass is 244 g/mol. The molecule has 2 rings (SSSR count). The van der Waals surface area contributed by atoms with E-state index >= 15 is 0 Å². The van der Waals surface area contributed by atoms with Crippen LogP contribution in [0.25, 0.3) is 11.4 Å². The topological polar surface area (TPSA) is 73.8 Å². The Morgan fingerprint density at radius 1 is 1.28 bits per heavy atom. The van der Waals surface area contributed by atoms with E-state index in [1.807, 2.05) is 44.2 Å². The predicted octanol–water partition coefficient (Wildman–Crippen LogP) is 1.55. The third kappa shape index (κ3) is 2.40. The molecule has 0 saturated carbocycles. The standard InChI is InChI=1S/C13H16N4O/c1-9(2)12-15-16-13(17(12)8-11(14)18)10-6-4-3-5-7-10/h3-7,9H,8H2,1-2H3,(H2,14,18). The summed E-state index contributed by atoms with van der Waals surface area (Å²) in [5.74, 6) is 1.24. The van der Waals surface area contributed by atoms with Crippen molar-refractivity contribution >= 4 is 5.91 Å². The van der Waals surface area contributed by atoms with E-state index in [4.69, 9.17) is 5.73 Å². The summed E-state index contributed by atoms with van der Waals surface area (Å²) in [5.41, 5.74) is 6.21. The van der Waals surface area contributed by atoms with Crippen molar-refractivity contribution < 1.29 is 4.79 Å². The first-order valence-electron chi connectivity index (χ1n) is 5.86. The number of benzene rings is 1. The lowest BCUT2D eigenvalue weighted by atomic mass is 10.2. The Morgan fingerprint density at radius 3 is 2.50 bits per heavy atom. The number of rotatable bonds is 4. The second-order valence-corrected chi connectivity index (χ2v) is 4.45. The van der Waals surface area contributed by atoms with Crippen molar-refractivity contribution in [3.05, 3.63) is 36.2 Å². The van der Waals surface area contributed by atoms with Crippen LogP contribution in [-0.2, 0) is 11.3 Å². The second-order valence-electron chi connectivity index (χ2n) is 4.45. The quantitative estimate of drug-likeness (QED) is 0.886. The number of carbonyl (C=O) groups excluding carboxylic acids is 1. The molecule has 0 atom stereocenters. The molecule has 94 valence electrons. The van der Waals surface area contributed by atoms with Crippen molar-refractivity contribution in [2.75, 3.05) is 0 Å². The molecule has 5 nitrogen and oxygen atoms in total. The van der Waals surface area contributed by atoms with Crippen LogP contribution >= 0.6 is 0 Å². The normalized spacial score (nSPS) is 10.8. The fourth-order valence-electron chi connectivity index (χ4n) is 1.85. The van der Waals surface area contributed by atoms with Crippen molar-refractivity contribution in [2.45, 2.75) is 26.3 Å². The fourth-order valence-corrected chi connectivity index (χ4v) is 1.85. The molecule has 0 spiro atoms. The summed E-state index contributed by atoms with van der Waals surface area (Å²) in [6.07, 6.45) is 0. The highest BCUT2D eigenvalue weighted by Gasteiger charge is 2.17. The van der Waals surface area contributed by atoms with Gasteiger partial charge in [-0.2, -0.15) is 0 Å². The first kappa shape index (κ1) is 12.3. The van der Waals surface area contributed by atoms with Crippen LogP contribution in [0.3, 0.4) is 0 Å². The van der Waals surface area contributed by atoms with Crippen molar-refractivity contribution in [3.63, 3.8) is 0 Å². The molecule has 0 unspecified atom stereocenters. The summed E-state index contributed by atoms with van der Waals surface area (Å²) in [6, 6.07) is 9.65. The minimum atomic E-state index is -0.395. The lowest BCUT2D eigenvalue weighted by molar-refractivity contribution is -0.118. The highest BCUT2D eigenvalue weighted by molar-refractivity contribution is 5.74. The third-order valence-corrected chi connectivity index (χ3v) is 2.64. The van der Waals surface area contributed by atoms with Crippen LogP contribution in [0.15, 0.2) is 30.3 Å². The molecule has 5 heteroatoms. The average Bonchev–Trinajstić information content (AvgIpc) is 2.73. The molecule has 2 aromatic rings. The van der Waals surface area contributed by atoms with Gasteiger partial charge in [-0.05, 0) is 0 Å². The van der Waals surface area contributed by atoms with Gasteiger partial charge in [0.2, 0.25) is 5.91 Å². The molecule has 1 aromatic heterocycles. The lowest BCUT2D eigenvalue weighted by Crippen LogP contribution is -2.21.